The molecule has 0 unspecified atom stereocenters. The number of ether oxygens (including phenoxy) is 1. The number of para-hydroxylation sites is 1. The van der Waals surface area contributed by atoms with Crippen LogP contribution in [0, 0.1) is 6.92 Å². The standard InChI is InChI=1S/C18H18N2O3S/c1-12-7-8-15(23-2)13(11-12)19-17(21)9-10-20-14-5-3-4-6-16(14)24-18(20)22/h3-8,11H,9-10H2,1-2H3,(H,19,21). The summed E-state index contributed by atoms with van der Waals surface area (Å²) in [4.78, 5) is 24.3. The Bertz CT molecular complexity index is 943. The molecule has 0 spiro atoms. The highest BCUT2D eigenvalue weighted by Gasteiger charge is 2.11. The highest BCUT2D eigenvalue weighted by molar-refractivity contribution is 7.16. The zero-order valence-electron chi connectivity index (χ0n) is 13.5. The lowest BCUT2D eigenvalue weighted by atomic mass is 10.2. The minimum Gasteiger partial charge on any atom is -0.495 e. The van der Waals surface area contributed by atoms with Gasteiger partial charge in [-0.3, -0.25) is 14.2 Å². The zero-order valence-corrected chi connectivity index (χ0v) is 14.4. The van der Waals surface area contributed by atoms with Crippen LogP contribution in [0.15, 0.2) is 47.3 Å². The summed E-state index contributed by atoms with van der Waals surface area (Å²) in [6.45, 7) is 2.30. The van der Waals surface area contributed by atoms with E-state index in [0.29, 0.717) is 18.0 Å². The zero-order chi connectivity index (χ0) is 17.1. The van der Waals surface area contributed by atoms with Crippen molar-refractivity contribution >= 4 is 33.1 Å². The number of rotatable bonds is 5. The number of aromatic nitrogens is 1. The Morgan fingerprint density at radius 2 is 2.04 bits per heavy atom. The average Bonchev–Trinajstić information content (AvgIpc) is 2.88. The summed E-state index contributed by atoms with van der Waals surface area (Å²) in [6, 6.07) is 13.2. The molecule has 6 heteroatoms. The number of anilines is 1. The van der Waals surface area contributed by atoms with Gasteiger partial charge in [-0.1, -0.05) is 29.5 Å². The molecule has 0 bridgehead atoms. The first-order valence-electron chi connectivity index (χ1n) is 7.61. The van der Waals surface area contributed by atoms with Crippen LogP contribution < -0.4 is 14.9 Å². The van der Waals surface area contributed by atoms with E-state index >= 15 is 0 Å². The lowest BCUT2D eigenvalue weighted by Crippen LogP contribution is -2.19. The minimum absolute atomic E-state index is 0.0443. The molecule has 1 N–H and O–H groups in total. The van der Waals surface area contributed by atoms with Gasteiger partial charge in [-0.25, -0.2) is 0 Å². The molecule has 124 valence electrons. The molecule has 1 amide bonds. The Balaban J connectivity index is 1.73. The molecule has 0 aliphatic rings. The second-order valence-corrected chi connectivity index (χ2v) is 6.48. The number of amides is 1. The predicted octanol–water partition coefficient (Wildman–Crippen LogP) is 3.41. The van der Waals surface area contributed by atoms with Crippen LogP contribution in [0.2, 0.25) is 0 Å². The minimum atomic E-state index is -0.152. The fourth-order valence-electron chi connectivity index (χ4n) is 2.57. The van der Waals surface area contributed by atoms with Gasteiger partial charge in [-0.15, -0.1) is 0 Å². The van der Waals surface area contributed by atoms with Gasteiger partial charge in [0.2, 0.25) is 5.91 Å². The number of aryl methyl sites for hydroxylation is 2. The van der Waals surface area contributed by atoms with Gasteiger partial charge < -0.3 is 10.1 Å². The number of carbonyl (C=O) groups is 1. The summed E-state index contributed by atoms with van der Waals surface area (Å²) in [5.41, 5.74) is 2.55. The molecule has 0 radical (unpaired) electrons. The smallest absolute Gasteiger partial charge is 0.308 e. The van der Waals surface area contributed by atoms with Crippen molar-refractivity contribution < 1.29 is 9.53 Å². The molecule has 0 saturated heterocycles. The van der Waals surface area contributed by atoms with Crippen molar-refractivity contribution in [1.29, 1.82) is 0 Å². The van der Waals surface area contributed by atoms with E-state index < -0.39 is 0 Å². The maximum absolute atomic E-state index is 12.3. The number of fused-ring (bicyclic) bond motifs is 1. The van der Waals surface area contributed by atoms with Crippen LogP contribution in [0.3, 0.4) is 0 Å². The Morgan fingerprint density at radius 1 is 1.25 bits per heavy atom. The van der Waals surface area contributed by atoms with Gasteiger partial charge in [-0.2, -0.15) is 0 Å². The van der Waals surface area contributed by atoms with Crippen LogP contribution in [-0.4, -0.2) is 17.6 Å². The van der Waals surface area contributed by atoms with Gasteiger partial charge in [0.15, 0.2) is 0 Å². The van der Waals surface area contributed by atoms with E-state index in [1.54, 1.807) is 11.7 Å². The first kappa shape index (κ1) is 16.3. The normalized spacial score (nSPS) is 10.8. The molecule has 0 saturated carbocycles. The molecule has 0 atom stereocenters. The third-order valence-electron chi connectivity index (χ3n) is 3.77. The molecule has 2 aromatic carbocycles. The van der Waals surface area contributed by atoms with Crippen LogP contribution in [0.1, 0.15) is 12.0 Å². The highest BCUT2D eigenvalue weighted by atomic mass is 32.1. The molecule has 5 nitrogen and oxygen atoms in total. The predicted molar refractivity (Wildman–Crippen MR) is 97.1 cm³/mol. The van der Waals surface area contributed by atoms with Gasteiger partial charge in [-0.05, 0) is 36.8 Å². The first-order chi connectivity index (χ1) is 11.6. The highest BCUT2D eigenvalue weighted by Crippen LogP contribution is 2.25. The SMILES string of the molecule is COc1ccc(C)cc1NC(=O)CCn1c(=O)sc2ccccc21. The van der Waals surface area contributed by atoms with Crippen LogP contribution in [0.4, 0.5) is 5.69 Å². The van der Waals surface area contributed by atoms with Crippen molar-refractivity contribution in [1.82, 2.24) is 4.57 Å². The maximum atomic E-state index is 12.3. The quantitative estimate of drug-likeness (QED) is 0.773. The molecule has 0 aliphatic carbocycles. The van der Waals surface area contributed by atoms with E-state index in [2.05, 4.69) is 5.32 Å². The number of hydrogen-bond donors (Lipinski definition) is 1. The summed E-state index contributed by atoms with van der Waals surface area (Å²) >= 11 is 1.20. The van der Waals surface area contributed by atoms with Gasteiger partial charge in [0.25, 0.3) is 0 Å². The molecule has 24 heavy (non-hydrogen) atoms. The van der Waals surface area contributed by atoms with Gasteiger partial charge in [0, 0.05) is 13.0 Å². The van der Waals surface area contributed by atoms with Crippen molar-refractivity contribution in [3.05, 3.63) is 57.7 Å². The Kier molecular flexibility index (Phi) is 4.66. The first-order valence-corrected chi connectivity index (χ1v) is 8.43. The van der Waals surface area contributed by atoms with E-state index in [1.165, 1.54) is 11.3 Å². The maximum Gasteiger partial charge on any atom is 0.308 e. The van der Waals surface area contributed by atoms with Crippen LogP contribution in [0.25, 0.3) is 10.2 Å². The molecule has 1 aromatic heterocycles. The van der Waals surface area contributed by atoms with E-state index in [0.717, 1.165) is 15.8 Å². The van der Waals surface area contributed by atoms with Crippen LogP contribution in [-0.2, 0) is 11.3 Å². The van der Waals surface area contributed by atoms with Crippen molar-refractivity contribution in [2.45, 2.75) is 19.9 Å². The second kappa shape index (κ2) is 6.88. The van der Waals surface area contributed by atoms with Crippen molar-refractivity contribution in [3.63, 3.8) is 0 Å². The summed E-state index contributed by atoms with van der Waals surface area (Å²) < 4.78 is 7.84. The topological polar surface area (TPSA) is 60.3 Å². The van der Waals surface area contributed by atoms with Gasteiger partial charge >= 0.3 is 4.87 Å². The van der Waals surface area contributed by atoms with Crippen molar-refractivity contribution in [2.75, 3.05) is 12.4 Å². The number of benzene rings is 2. The summed E-state index contributed by atoms with van der Waals surface area (Å²) in [5.74, 6) is 0.466. The molecular formula is C18H18N2O3S. The fourth-order valence-corrected chi connectivity index (χ4v) is 3.49. The Labute approximate surface area is 143 Å². The summed E-state index contributed by atoms with van der Waals surface area (Å²) in [7, 11) is 1.57. The molecule has 3 aromatic rings. The van der Waals surface area contributed by atoms with E-state index in [-0.39, 0.29) is 17.2 Å². The fraction of sp³-hybridized carbons (Fsp3) is 0.222. The third-order valence-corrected chi connectivity index (χ3v) is 4.73. The largest absolute Gasteiger partial charge is 0.495 e. The summed E-state index contributed by atoms with van der Waals surface area (Å²) in [5, 5.41) is 2.86. The molecule has 1 heterocycles. The number of methoxy groups -OCH3 is 1. The lowest BCUT2D eigenvalue weighted by Gasteiger charge is -2.11. The number of carbonyl (C=O) groups excluding carboxylic acids is 1. The number of nitrogens with one attached hydrogen (secondary N) is 1. The molecular weight excluding hydrogens is 324 g/mol. The molecule has 0 fully saturated rings. The van der Waals surface area contributed by atoms with E-state index in [1.807, 2.05) is 49.4 Å². The number of hydrogen-bond acceptors (Lipinski definition) is 4. The lowest BCUT2D eigenvalue weighted by molar-refractivity contribution is -0.116. The van der Waals surface area contributed by atoms with E-state index in [9.17, 15) is 9.59 Å². The second-order valence-electron chi connectivity index (χ2n) is 5.49. The summed E-state index contributed by atoms with van der Waals surface area (Å²) in [6.07, 6.45) is 0.220. The number of thiazole rings is 1. The third kappa shape index (κ3) is 3.33. The average molecular weight is 342 g/mol. The van der Waals surface area contributed by atoms with Crippen LogP contribution >= 0.6 is 11.3 Å². The van der Waals surface area contributed by atoms with Crippen molar-refractivity contribution in [2.24, 2.45) is 0 Å². The van der Waals surface area contributed by atoms with Crippen LogP contribution in [0.5, 0.6) is 5.75 Å². The molecule has 3 rings (SSSR count). The number of nitrogens with zero attached hydrogens (tertiary/aromatic N) is 1. The van der Waals surface area contributed by atoms with Gasteiger partial charge in [0.1, 0.15) is 5.75 Å². The Morgan fingerprint density at radius 3 is 2.83 bits per heavy atom. The molecule has 0 aliphatic heterocycles. The Hall–Kier alpha value is -2.60. The monoisotopic (exact) mass is 342 g/mol. The van der Waals surface area contributed by atoms with Crippen molar-refractivity contribution in [3.8, 4) is 5.75 Å². The van der Waals surface area contributed by atoms with E-state index in [4.69, 9.17) is 4.74 Å². The van der Waals surface area contributed by atoms with Gasteiger partial charge in [0.05, 0.1) is 23.0 Å².